The number of benzene rings is 1. The lowest BCUT2D eigenvalue weighted by molar-refractivity contribution is 0.190. The lowest BCUT2D eigenvalue weighted by Crippen LogP contribution is -2.35. The SMILES string of the molecule is Fc1ccc(F)c(CC(F)C2CCCNC2)c1. The van der Waals surface area contributed by atoms with Crippen LogP contribution in [0.25, 0.3) is 0 Å². The Hall–Kier alpha value is -1.03. The van der Waals surface area contributed by atoms with Crippen LogP contribution >= 0.6 is 0 Å². The standard InChI is InChI=1S/C13H16F3N/c14-11-3-4-12(15)10(6-11)7-13(16)9-2-1-5-17-8-9/h3-4,6,9,13,17H,1-2,5,7-8H2. The second kappa shape index (κ2) is 5.54. The Bertz CT molecular complexity index is 375. The van der Waals surface area contributed by atoms with Gasteiger partial charge in [-0.15, -0.1) is 0 Å². The fourth-order valence-corrected chi connectivity index (χ4v) is 2.26. The second-order valence-corrected chi connectivity index (χ2v) is 4.56. The first-order chi connectivity index (χ1) is 8.16. The van der Waals surface area contributed by atoms with Crippen LogP contribution in [0.1, 0.15) is 18.4 Å². The summed E-state index contributed by atoms with van der Waals surface area (Å²) in [7, 11) is 0. The van der Waals surface area contributed by atoms with Crippen LogP contribution in [-0.2, 0) is 6.42 Å². The molecule has 1 aromatic carbocycles. The van der Waals surface area contributed by atoms with E-state index in [1.54, 1.807) is 0 Å². The summed E-state index contributed by atoms with van der Waals surface area (Å²) < 4.78 is 40.2. The zero-order valence-corrected chi connectivity index (χ0v) is 9.56. The molecule has 0 radical (unpaired) electrons. The number of halogens is 3. The molecular weight excluding hydrogens is 227 g/mol. The first-order valence-corrected chi connectivity index (χ1v) is 5.95. The monoisotopic (exact) mass is 243 g/mol. The van der Waals surface area contributed by atoms with E-state index in [4.69, 9.17) is 0 Å². The van der Waals surface area contributed by atoms with Gasteiger partial charge in [-0.05, 0) is 43.1 Å². The molecule has 2 unspecified atom stereocenters. The first kappa shape index (κ1) is 12.4. The van der Waals surface area contributed by atoms with E-state index in [-0.39, 0.29) is 17.9 Å². The van der Waals surface area contributed by atoms with Gasteiger partial charge in [0.05, 0.1) is 0 Å². The van der Waals surface area contributed by atoms with Crippen molar-refractivity contribution in [1.82, 2.24) is 5.32 Å². The fraction of sp³-hybridized carbons (Fsp3) is 0.538. The molecule has 1 heterocycles. The average molecular weight is 243 g/mol. The molecule has 1 aromatic rings. The number of rotatable bonds is 3. The molecule has 1 saturated heterocycles. The van der Waals surface area contributed by atoms with Gasteiger partial charge in [0, 0.05) is 18.9 Å². The van der Waals surface area contributed by atoms with E-state index in [0.29, 0.717) is 6.54 Å². The summed E-state index contributed by atoms with van der Waals surface area (Å²) in [6, 6.07) is 3.18. The summed E-state index contributed by atoms with van der Waals surface area (Å²) in [4.78, 5) is 0. The molecule has 0 aliphatic carbocycles. The summed E-state index contributed by atoms with van der Waals surface area (Å²) in [5.74, 6) is -1.14. The lowest BCUT2D eigenvalue weighted by Gasteiger charge is -2.26. The molecule has 17 heavy (non-hydrogen) atoms. The van der Waals surface area contributed by atoms with E-state index in [1.807, 2.05) is 0 Å². The minimum absolute atomic E-state index is 0.0457. The number of alkyl halides is 1. The molecular formula is C13H16F3N. The van der Waals surface area contributed by atoms with E-state index < -0.39 is 17.8 Å². The number of piperidine rings is 1. The van der Waals surface area contributed by atoms with Gasteiger partial charge in [-0.1, -0.05) is 0 Å². The van der Waals surface area contributed by atoms with Gasteiger partial charge in [-0.25, -0.2) is 13.2 Å². The molecule has 1 fully saturated rings. The Labute approximate surface area is 99.0 Å². The van der Waals surface area contributed by atoms with Crippen molar-refractivity contribution < 1.29 is 13.2 Å². The predicted octanol–water partition coefficient (Wildman–Crippen LogP) is 2.85. The molecule has 4 heteroatoms. The second-order valence-electron chi connectivity index (χ2n) is 4.56. The number of nitrogens with one attached hydrogen (secondary N) is 1. The maximum atomic E-state index is 14.0. The summed E-state index contributed by atoms with van der Waals surface area (Å²) in [6.45, 7) is 1.54. The van der Waals surface area contributed by atoms with Gasteiger partial charge < -0.3 is 5.32 Å². The minimum atomic E-state index is -1.11. The van der Waals surface area contributed by atoms with Gasteiger partial charge in [0.2, 0.25) is 0 Å². The van der Waals surface area contributed by atoms with Crippen LogP contribution in [0.3, 0.4) is 0 Å². The van der Waals surface area contributed by atoms with Crippen LogP contribution in [0, 0.1) is 17.6 Å². The van der Waals surface area contributed by atoms with E-state index in [9.17, 15) is 13.2 Å². The van der Waals surface area contributed by atoms with Crippen molar-refractivity contribution in [2.24, 2.45) is 5.92 Å². The van der Waals surface area contributed by atoms with Gasteiger partial charge in [0.15, 0.2) is 0 Å². The highest BCUT2D eigenvalue weighted by molar-refractivity contribution is 5.19. The van der Waals surface area contributed by atoms with Gasteiger partial charge in [-0.2, -0.15) is 0 Å². The lowest BCUT2D eigenvalue weighted by atomic mass is 9.91. The van der Waals surface area contributed by atoms with E-state index in [0.717, 1.165) is 37.6 Å². The van der Waals surface area contributed by atoms with Crippen LogP contribution in [-0.4, -0.2) is 19.3 Å². The number of hydrogen-bond acceptors (Lipinski definition) is 1. The Kier molecular flexibility index (Phi) is 4.05. The molecule has 0 spiro atoms. The maximum absolute atomic E-state index is 14.0. The number of hydrogen-bond donors (Lipinski definition) is 1. The van der Waals surface area contributed by atoms with Gasteiger partial charge in [-0.3, -0.25) is 0 Å². The maximum Gasteiger partial charge on any atom is 0.126 e. The van der Waals surface area contributed by atoms with E-state index >= 15 is 0 Å². The molecule has 2 atom stereocenters. The molecule has 0 aromatic heterocycles. The van der Waals surface area contributed by atoms with Crippen molar-refractivity contribution in [1.29, 1.82) is 0 Å². The fourth-order valence-electron chi connectivity index (χ4n) is 2.26. The molecule has 0 amide bonds. The highest BCUT2D eigenvalue weighted by Crippen LogP contribution is 2.22. The van der Waals surface area contributed by atoms with Crippen molar-refractivity contribution in [3.63, 3.8) is 0 Å². The summed E-state index contributed by atoms with van der Waals surface area (Å²) in [5, 5.41) is 3.12. The summed E-state index contributed by atoms with van der Waals surface area (Å²) in [6.07, 6.45) is 0.594. The van der Waals surface area contributed by atoms with Crippen LogP contribution in [0.2, 0.25) is 0 Å². The van der Waals surface area contributed by atoms with Crippen molar-refractivity contribution >= 4 is 0 Å². The molecule has 2 rings (SSSR count). The first-order valence-electron chi connectivity index (χ1n) is 5.95. The Balaban J connectivity index is 2.01. The van der Waals surface area contributed by atoms with Crippen LogP contribution < -0.4 is 5.32 Å². The Morgan fingerprint density at radius 2 is 2.18 bits per heavy atom. The summed E-state index contributed by atoms with van der Waals surface area (Å²) in [5.41, 5.74) is 0.128. The zero-order valence-electron chi connectivity index (χ0n) is 9.56. The van der Waals surface area contributed by atoms with Gasteiger partial charge in [0.25, 0.3) is 0 Å². The van der Waals surface area contributed by atoms with Crippen molar-refractivity contribution in [2.75, 3.05) is 13.1 Å². The smallest absolute Gasteiger partial charge is 0.126 e. The van der Waals surface area contributed by atoms with Crippen LogP contribution in [0.15, 0.2) is 18.2 Å². The van der Waals surface area contributed by atoms with Gasteiger partial charge in [0.1, 0.15) is 17.8 Å². The van der Waals surface area contributed by atoms with Gasteiger partial charge >= 0.3 is 0 Å². The third kappa shape index (κ3) is 3.22. The normalized spacial score (nSPS) is 22.4. The summed E-state index contributed by atoms with van der Waals surface area (Å²) >= 11 is 0. The minimum Gasteiger partial charge on any atom is -0.316 e. The molecule has 0 saturated carbocycles. The topological polar surface area (TPSA) is 12.0 Å². The predicted molar refractivity (Wildman–Crippen MR) is 60.6 cm³/mol. The van der Waals surface area contributed by atoms with Crippen LogP contribution in [0.5, 0.6) is 0 Å². The molecule has 1 nitrogen and oxygen atoms in total. The Morgan fingerprint density at radius 3 is 2.88 bits per heavy atom. The highest BCUT2D eigenvalue weighted by atomic mass is 19.1. The molecule has 1 aliphatic heterocycles. The zero-order chi connectivity index (χ0) is 12.3. The molecule has 1 N–H and O–H groups in total. The largest absolute Gasteiger partial charge is 0.316 e. The van der Waals surface area contributed by atoms with E-state index in [1.165, 1.54) is 0 Å². The highest BCUT2D eigenvalue weighted by Gasteiger charge is 2.24. The quantitative estimate of drug-likeness (QED) is 0.860. The molecule has 1 aliphatic rings. The van der Waals surface area contributed by atoms with Crippen molar-refractivity contribution in [3.8, 4) is 0 Å². The average Bonchev–Trinajstić information content (AvgIpc) is 2.35. The van der Waals surface area contributed by atoms with Crippen molar-refractivity contribution in [3.05, 3.63) is 35.4 Å². The van der Waals surface area contributed by atoms with Crippen molar-refractivity contribution in [2.45, 2.75) is 25.4 Å². The molecule has 0 bridgehead atoms. The third-order valence-corrected chi connectivity index (χ3v) is 3.27. The third-order valence-electron chi connectivity index (χ3n) is 3.27. The Morgan fingerprint density at radius 1 is 1.35 bits per heavy atom. The molecule has 94 valence electrons. The van der Waals surface area contributed by atoms with E-state index in [2.05, 4.69) is 5.32 Å². The van der Waals surface area contributed by atoms with Crippen LogP contribution in [0.4, 0.5) is 13.2 Å².